The van der Waals surface area contributed by atoms with Gasteiger partial charge in [0.1, 0.15) is 0 Å². The molecule has 0 radical (unpaired) electrons. The van der Waals surface area contributed by atoms with Crippen molar-refractivity contribution in [1.82, 2.24) is 0 Å². The molecule has 0 bridgehead atoms. The van der Waals surface area contributed by atoms with Crippen molar-refractivity contribution >= 4 is 24.8 Å². The van der Waals surface area contributed by atoms with Crippen molar-refractivity contribution in [2.24, 2.45) is 0 Å². The summed E-state index contributed by atoms with van der Waals surface area (Å²) in [6, 6.07) is 0. The average Bonchev–Trinajstić information content (AvgIpc) is 2.14. The molecule has 10 heavy (non-hydrogen) atoms. The minimum Gasteiger partial charge on any atom is -0.147 e. The van der Waals surface area contributed by atoms with Gasteiger partial charge >= 0.3 is 65.5 Å². The summed E-state index contributed by atoms with van der Waals surface area (Å²) in [6.45, 7) is 2.21. The number of halogens is 2. The monoisotopic (exact) mass is 255 g/mol. The standard InChI is InChI=1S/C7H9.2ClH.Zr/c1-2-7-5-3-4-6-7;;;/h5-6H,2-3H2,1H3;2*1H;. The molecule has 3 heteroatoms. The van der Waals surface area contributed by atoms with Crippen LogP contribution in [0.5, 0.6) is 0 Å². The van der Waals surface area contributed by atoms with E-state index in [1.807, 2.05) is 0 Å². The van der Waals surface area contributed by atoms with Crippen molar-refractivity contribution in [1.29, 1.82) is 0 Å². The number of allylic oxidation sites excluding steroid dienone is 4. The van der Waals surface area contributed by atoms with Gasteiger partial charge in [-0.25, -0.2) is 0 Å². The van der Waals surface area contributed by atoms with E-state index in [9.17, 15) is 0 Å². The first-order valence-electron chi connectivity index (χ1n) is 2.94. The zero-order valence-corrected chi connectivity index (χ0v) is 9.98. The van der Waals surface area contributed by atoms with Crippen molar-refractivity contribution < 1.29 is 24.7 Å². The Balaban J connectivity index is 0. The molecule has 0 saturated carbocycles. The fourth-order valence-corrected chi connectivity index (χ4v) is 1.54. The first-order valence-corrected chi connectivity index (χ1v) is 4.17. The van der Waals surface area contributed by atoms with E-state index in [-0.39, 0.29) is 24.8 Å². The molecule has 0 aliphatic heterocycles. The molecule has 0 N–H and O–H groups in total. The Morgan fingerprint density at radius 2 is 2.10 bits per heavy atom. The second-order valence-electron chi connectivity index (χ2n) is 2.01. The van der Waals surface area contributed by atoms with E-state index in [1.54, 1.807) is 28.0 Å². The fraction of sp³-hybridized carbons (Fsp3) is 0.429. The van der Waals surface area contributed by atoms with E-state index in [1.165, 1.54) is 18.4 Å². The molecule has 0 unspecified atom stereocenters. The van der Waals surface area contributed by atoms with Crippen LogP contribution in [-0.4, -0.2) is 0 Å². The van der Waals surface area contributed by atoms with Gasteiger partial charge in [-0.3, -0.25) is 0 Å². The molecule has 0 heterocycles. The predicted molar refractivity (Wildman–Crippen MR) is 45.6 cm³/mol. The number of hydrogen-bond donors (Lipinski definition) is 0. The summed E-state index contributed by atoms with van der Waals surface area (Å²) in [7, 11) is 0. The minimum atomic E-state index is 0. The molecule has 1 aliphatic rings. The van der Waals surface area contributed by atoms with Crippen LogP contribution in [0.15, 0.2) is 21.0 Å². The largest absolute Gasteiger partial charge is 0.147 e. The van der Waals surface area contributed by atoms with Gasteiger partial charge in [0.15, 0.2) is 0 Å². The second kappa shape index (κ2) is 6.64. The van der Waals surface area contributed by atoms with Gasteiger partial charge in [0.2, 0.25) is 0 Å². The third-order valence-corrected chi connectivity index (χ3v) is 2.21. The van der Waals surface area contributed by atoms with Gasteiger partial charge in [-0.2, -0.15) is 0 Å². The van der Waals surface area contributed by atoms with Crippen LogP contribution < -0.4 is 0 Å². The predicted octanol–water partition coefficient (Wildman–Crippen LogP) is 3.00. The van der Waals surface area contributed by atoms with E-state index in [4.69, 9.17) is 0 Å². The Hall–Kier alpha value is 0.943. The van der Waals surface area contributed by atoms with Crippen molar-refractivity contribution in [3.05, 3.63) is 21.0 Å². The molecular formula is C7H11Cl2Zr. The summed E-state index contributed by atoms with van der Waals surface area (Å²) < 4.78 is 1.59. The first kappa shape index (κ1) is 13.5. The molecule has 0 amide bonds. The zero-order valence-electron chi connectivity index (χ0n) is 5.89. The summed E-state index contributed by atoms with van der Waals surface area (Å²) in [5.74, 6) is 0. The van der Waals surface area contributed by atoms with Gasteiger partial charge in [-0.05, 0) is 0 Å². The maximum Gasteiger partial charge on any atom is -0.147 e. The normalized spacial score (nSPS) is 14.4. The summed E-state index contributed by atoms with van der Waals surface area (Å²) in [5.41, 5.74) is 1.52. The zero-order chi connectivity index (χ0) is 5.98. The van der Waals surface area contributed by atoms with E-state index in [2.05, 4.69) is 19.1 Å². The van der Waals surface area contributed by atoms with Gasteiger partial charge in [-0.15, -0.1) is 24.8 Å². The smallest absolute Gasteiger partial charge is 0.147 e. The van der Waals surface area contributed by atoms with Crippen LogP contribution >= 0.6 is 24.8 Å². The van der Waals surface area contributed by atoms with E-state index >= 15 is 0 Å². The summed E-state index contributed by atoms with van der Waals surface area (Å²) in [5, 5.41) is 0. The molecule has 1 rings (SSSR count). The van der Waals surface area contributed by atoms with Crippen LogP contribution in [0.4, 0.5) is 0 Å². The topological polar surface area (TPSA) is 0 Å². The Morgan fingerprint density at radius 3 is 2.30 bits per heavy atom. The van der Waals surface area contributed by atoms with Gasteiger partial charge < -0.3 is 0 Å². The Kier molecular flexibility index (Phi) is 8.98. The maximum atomic E-state index is 2.32. The van der Waals surface area contributed by atoms with Crippen molar-refractivity contribution in [3.63, 3.8) is 0 Å². The SMILES string of the molecule is CCC1=CC[C]([Zr])=C1.Cl.Cl. The van der Waals surface area contributed by atoms with E-state index in [0.717, 1.165) is 0 Å². The number of rotatable bonds is 1. The molecule has 0 fully saturated rings. The molecule has 0 aromatic heterocycles. The van der Waals surface area contributed by atoms with E-state index in [0.29, 0.717) is 0 Å². The van der Waals surface area contributed by atoms with E-state index < -0.39 is 0 Å². The molecule has 0 spiro atoms. The molecule has 0 saturated heterocycles. The molecule has 0 nitrogen and oxygen atoms in total. The van der Waals surface area contributed by atoms with Gasteiger partial charge in [-0.1, -0.05) is 0 Å². The average molecular weight is 257 g/mol. The fourth-order valence-electron chi connectivity index (χ4n) is 0.829. The molecule has 1 aliphatic carbocycles. The maximum absolute atomic E-state index is 2.32. The first-order chi connectivity index (χ1) is 3.83. The van der Waals surface area contributed by atoms with Crippen LogP contribution in [-0.2, 0) is 24.7 Å². The van der Waals surface area contributed by atoms with Crippen LogP contribution in [0.1, 0.15) is 19.8 Å². The van der Waals surface area contributed by atoms with Crippen molar-refractivity contribution in [2.75, 3.05) is 0 Å². The molecule has 57 valence electrons. The Labute approximate surface area is 89.8 Å². The minimum absolute atomic E-state index is 0. The molecule has 0 atom stereocenters. The number of hydrogen-bond acceptors (Lipinski definition) is 0. The van der Waals surface area contributed by atoms with Crippen LogP contribution in [0, 0.1) is 0 Å². The Morgan fingerprint density at radius 1 is 1.50 bits per heavy atom. The summed E-state index contributed by atoms with van der Waals surface area (Å²) >= 11 is 1.58. The third-order valence-electron chi connectivity index (χ3n) is 1.35. The summed E-state index contributed by atoms with van der Waals surface area (Å²) in [6.07, 6.45) is 7.07. The van der Waals surface area contributed by atoms with Crippen LogP contribution in [0.25, 0.3) is 0 Å². The third kappa shape index (κ3) is 3.96. The van der Waals surface area contributed by atoms with Gasteiger partial charge in [0.05, 0.1) is 0 Å². The molecule has 0 aromatic carbocycles. The van der Waals surface area contributed by atoms with Crippen LogP contribution in [0.3, 0.4) is 0 Å². The van der Waals surface area contributed by atoms with Crippen molar-refractivity contribution in [3.8, 4) is 0 Å². The Bertz CT molecular complexity index is 150. The quantitative estimate of drug-likeness (QED) is 0.677. The molecule has 0 aromatic rings. The summed E-state index contributed by atoms with van der Waals surface area (Å²) in [4.78, 5) is 0. The molecular weight excluding hydrogens is 246 g/mol. The van der Waals surface area contributed by atoms with Gasteiger partial charge in [0, 0.05) is 0 Å². The van der Waals surface area contributed by atoms with Gasteiger partial charge in [0.25, 0.3) is 0 Å². The van der Waals surface area contributed by atoms with Crippen molar-refractivity contribution in [2.45, 2.75) is 19.8 Å². The second-order valence-corrected chi connectivity index (χ2v) is 3.58. The van der Waals surface area contributed by atoms with Crippen LogP contribution in [0.2, 0.25) is 0 Å².